The lowest BCUT2D eigenvalue weighted by Crippen LogP contribution is -2.11. The quantitative estimate of drug-likeness (QED) is 0.803. The second-order valence-electron chi connectivity index (χ2n) is 3.60. The van der Waals surface area contributed by atoms with Gasteiger partial charge in [-0.1, -0.05) is 23.7 Å². The predicted molar refractivity (Wildman–Crippen MR) is 72.0 cm³/mol. The molecule has 0 atom stereocenters. The number of nitrogen functional groups attached to an aromatic ring is 1. The van der Waals surface area contributed by atoms with E-state index >= 15 is 0 Å². The highest BCUT2D eigenvalue weighted by atomic mass is 35.5. The maximum atomic E-state index is 6.05. The molecule has 5 heteroatoms. The van der Waals surface area contributed by atoms with Gasteiger partial charge in [-0.25, -0.2) is 9.98 Å². The summed E-state index contributed by atoms with van der Waals surface area (Å²) in [6, 6.07) is 5.38. The van der Waals surface area contributed by atoms with Gasteiger partial charge >= 0.3 is 0 Å². The summed E-state index contributed by atoms with van der Waals surface area (Å²) < 4.78 is 0. The number of nitrogens with one attached hydrogen (secondary N) is 1. The monoisotopic (exact) mass is 248 g/mol. The fourth-order valence-corrected chi connectivity index (χ4v) is 1.62. The number of hydrogen-bond donors (Lipinski definition) is 2. The Kier molecular flexibility index (Phi) is 3.77. The van der Waals surface area contributed by atoms with Crippen LogP contribution in [0.1, 0.15) is 12.8 Å². The summed E-state index contributed by atoms with van der Waals surface area (Å²) in [6.45, 7) is 0. The lowest BCUT2D eigenvalue weighted by Gasteiger charge is -2.07. The highest BCUT2D eigenvalue weighted by molar-refractivity contribution is 6.31. The molecule has 1 aliphatic rings. The second kappa shape index (κ2) is 5.50. The average molecular weight is 249 g/mol. The topological polar surface area (TPSA) is 63.3 Å². The SMILES string of the molecule is Nc1cccc(NC2=N/C=C\CC/C(Cl)=C\2)n1. The standard InChI is InChI=1S/C12H13ClN4/c13-9-4-1-2-7-15-12(8-9)17-11-6-3-5-10(14)16-11/h2-3,5-8H,1,4H2,(H3,14,15,16,17)/b7-2-,9-8+. The molecule has 1 aliphatic heterocycles. The number of aromatic nitrogens is 1. The molecule has 0 unspecified atom stereocenters. The number of aliphatic imine (C=N–C) groups is 1. The molecular weight excluding hydrogens is 236 g/mol. The van der Waals surface area contributed by atoms with Crippen molar-refractivity contribution >= 4 is 29.1 Å². The first kappa shape index (κ1) is 11.7. The van der Waals surface area contributed by atoms with Crippen molar-refractivity contribution in [3.8, 4) is 0 Å². The fraction of sp³-hybridized carbons (Fsp3) is 0.167. The molecule has 3 N–H and O–H groups in total. The smallest absolute Gasteiger partial charge is 0.133 e. The largest absolute Gasteiger partial charge is 0.384 e. The molecule has 0 aromatic carbocycles. The van der Waals surface area contributed by atoms with Crippen molar-refractivity contribution in [2.45, 2.75) is 12.8 Å². The van der Waals surface area contributed by atoms with Crippen LogP contribution in [0.4, 0.5) is 11.6 Å². The maximum absolute atomic E-state index is 6.05. The van der Waals surface area contributed by atoms with Crippen LogP contribution in [0.3, 0.4) is 0 Å². The Morgan fingerprint density at radius 2 is 2.24 bits per heavy atom. The van der Waals surface area contributed by atoms with Gasteiger partial charge in [0.05, 0.1) is 0 Å². The molecule has 4 nitrogen and oxygen atoms in total. The van der Waals surface area contributed by atoms with E-state index in [4.69, 9.17) is 17.3 Å². The zero-order valence-electron chi connectivity index (χ0n) is 9.23. The van der Waals surface area contributed by atoms with Gasteiger partial charge in [-0.05, 0) is 31.1 Å². The molecule has 0 radical (unpaired) electrons. The minimum Gasteiger partial charge on any atom is -0.384 e. The van der Waals surface area contributed by atoms with Crippen LogP contribution in [0.5, 0.6) is 0 Å². The van der Waals surface area contributed by atoms with E-state index in [9.17, 15) is 0 Å². The number of amidine groups is 1. The fourth-order valence-electron chi connectivity index (χ4n) is 1.41. The van der Waals surface area contributed by atoms with Crippen molar-refractivity contribution < 1.29 is 0 Å². The third kappa shape index (κ3) is 3.60. The van der Waals surface area contributed by atoms with Crippen molar-refractivity contribution in [1.29, 1.82) is 0 Å². The zero-order valence-corrected chi connectivity index (χ0v) is 9.98. The lowest BCUT2D eigenvalue weighted by molar-refractivity contribution is 1.03. The van der Waals surface area contributed by atoms with Gasteiger partial charge < -0.3 is 11.1 Å². The summed E-state index contributed by atoms with van der Waals surface area (Å²) in [5.74, 6) is 1.77. The van der Waals surface area contributed by atoms with E-state index in [1.807, 2.05) is 18.2 Å². The number of rotatable bonds is 1. The summed E-state index contributed by atoms with van der Waals surface area (Å²) in [5, 5.41) is 3.83. The molecule has 1 aromatic rings. The number of allylic oxidation sites excluding steroid dienone is 2. The van der Waals surface area contributed by atoms with Crippen molar-refractivity contribution in [2.24, 2.45) is 4.99 Å². The third-order valence-electron chi connectivity index (χ3n) is 2.19. The molecule has 2 rings (SSSR count). The lowest BCUT2D eigenvalue weighted by atomic mass is 10.2. The first-order valence-corrected chi connectivity index (χ1v) is 5.70. The molecule has 0 spiro atoms. The molecule has 0 saturated carbocycles. The number of anilines is 2. The number of halogens is 1. The average Bonchev–Trinajstić information content (AvgIpc) is 2.25. The minimum atomic E-state index is 0.465. The van der Waals surface area contributed by atoms with Crippen LogP contribution >= 0.6 is 11.6 Å². The Hall–Kier alpha value is -1.81. The van der Waals surface area contributed by atoms with Crippen LogP contribution in [-0.2, 0) is 0 Å². The van der Waals surface area contributed by atoms with Crippen molar-refractivity contribution in [3.63, 3.8) is 0 Å². The normalized spacial score (nSPS) is 23.6. The molecule has 0 fully saturated rings. The van der Waals surface area contributed by atoms with Gasteiger partial charge in [0.15, 0.2) is 0 Å². The van der Waals surface area contributed by atoms with Crippen LogP contribution in [-0.4, -0.2) is 10.8 Å². The van der Waals surface area contributed by atoms with Gasteiger partial charge in [-0.2, -0.15) is 0 Å². The van der Waals surface area contributed by atoms with Crippen molar-refractivity contribution in [1.82, 2.24) is 4.98 Å². The second-order valence-corrected chi connectivity index (χ2v) is 4.09. The number of pyridine rings is 1. The molecule has 0 bridgehead atoms. The van der Waals surface area contributed by atoms with Crippen LogP contribution < -0.4 is 11.1 Å². The molecule has 0 saturated heterocycles. The summed E-state index contributed by atoms with van der Waals surface area (Å²) >= 11 is 6.05. The minimum absolute atomic E-state index is 0.465. The summed E-state index contributed by atoms with van der Waals surface area (Å²) in [4.78, 5) is 8.38. The van der Waals surface area contributed by atoms with Crippen molar-refractivity contribution in [3.05, 3.63) is 41.6 Å². The summed E-state index contributed by atoms with van der Waals surface area (Å²) in [7, 11) is 0. The van der Waals surface area contributed by atoms with Crippen LogP contribution in [0.2, 0.25) is 0 Å². The molecule has 0 amide bonds. The molecule has 2 heterocycles. The Labute approximate surface area is 105 Å². The molecule has 1 aromatic heterocycles. The van der Waals surface area contributed by atoms with Gasteiger partial charge in [-0.3, -0.25) is 0 Å². The third-order valence-corrected chi connectivity index (χ3v) is 2.49. The van der Waals surface area contributed by atoms with Gasteiger partial charge in [-0.15, -0.1) is 0 Å². The van der Waals surface area contributed by atoms with Gasteiger partial charge in [0.25, 0.3) is 0 Å². The highest BCUT2D eigenvalue weighted by Gasteiger charge is 2.02. The zero-order chi connectivity index (χ0) is 12.1. The number of nitrogens with zero attached hydrogens (tertiary/aromatic N) is 2. The van der Waals surface area contributed by atoms with E-state index in [0.29, 0.717) is 17.5 Å². The van der Waals surface area contributed by atoms with Crippen molar-refractivity contribution in [2.75, 3.05) is 11.1 Å². The summed E-state index contributed by atoms with van der Waals surface area (Å²) in [6.07, 6.45) is 7.26. The predicted octanol–water partition coefficient (Wildman–Crippen LogP) is 2.90. The van der Waals surface area contributed by atoms with Crippen LogP contribution in [0, 0.1) is 0 Å². The molecule has 17 heavy (non-hydrogen) atoms. The van der Waals surface area contributed by atoms with Gasteiger partial charge in [0.1, 0.15) is 17.5 Å². The number of hydrogen-bond acceptors (Lipinski definition) is 4. The first-order chi connectivity index (χ1) is 8.24. The Morgan fingerprint density at radius 1 is 1.35 bits per heavy atom. The Bertz CT molecular complexity index is 491. The van der Waals surface area contributed by atoms with E-state index in [2.05, 4.69) is 15.3 Å². The van der Waals surface area contributed by atoms with E-state index in [1.165, 1.54) is 0 Å². The Morgan fingerprint density at radius 3 is 3.06 bits per heavy atom. The molecular formula is C12H13ClN4. The van der Waals surface area contributed by atoms with E-state index in [1.54, 1.807) is 18.3 Å². The van der Waals surface area contributed by atoms with E-state index in [-0.39, 0.29) is 0 Å². The highest BCUT2D eigenvalue weighted by Crippen LogP contribution is 2.14. The molecule has 88 valence electrons. The van der Waals surface area contributed by atoms with Gasteiger partial charge in [0, 0.05) is 11.2 Å². The van der Waals surface area contributed by atoms with E-state index in [0.717, 1.165) is 17.9 Å². The Balaban J connectivity index is 2.19. The number of nitrogens with two attached hydrogens (primary N) is 1. The maximum Gasteiger partial charge on any atom is 0.133 e. The van der Waals surface area contributed by atoms with E-state index < -0.39 is 0 Å². The van der Waals surface area contributed by atoms with Crippen LogP contribution in [0.25, 0.3) is 0 Å². The van der Waals surface area contributed by atoms with Crippen LogP contribution in [0.15, 0.2) is 46.6 Å². The summed E-state index contributed by atoms with van der Waals surface area (Å²) in [5.41, 5.74) is 5.60. The van der Waals surface area contributed by atoms with Gasteiger partial charge in [0.2, 0.25) is 0 Å². The molecule has 0 aliphatic carbocycles. The first-order valence-electron chi connectivity index (χ1n) is 5.32.